The summed E-state index contributed by atoms with van der Waals surface area (Å²) in [4.78, 5) is 10.9. The molecule has 1 aromatic carbocycles. The first-order valence-electron chi connectivity index (χ1n) is 6.31. The maximum Gasteiger partial charge on any atom is 0.270 e. The highest BCUT2D eigenvalue weighted by Crippen LogP contribution is 2.33. The van der Waals surface area contributed by atoms with Crippen LogP contribution >= 0.6 is 11.3 Å². The standard InChI is InChI=1S/C12H12N4O4S2/c1-7(17)13-11-14-15-12(21-11)22(18,19)16-9-6-20-10-5-3-2-4-8(9)10/h2-5,9,16H,6H2,1H3,(H,13,14,17). The topological polar surface area (TPSA) is 110 Å². The summed E-state index contributed by atoms with van der Waals surface area (Å²) in [5.41, 5.74) is 0.776. The number of carbonyl (C=O) groups excluding carboxylic acids is 1. The molecule has 3 rings (SSSR count). The molecule has 1 aliphatic heterocycles. The molecule has 1 aliphatic rings. The molecule has 0 bridgehead atoms. The first-order chi connectivity index (χ1) is 10.5. The zero-order valence-corrected chi connectivity index (χ0v) is 13.1. The number of nitrogens with zero attached hydrogens (tertiary/aromatic N) is 2. The fourth-order valence-electron chi connectivity index (χ4n) is 2.02. The largest absolute Gasteiger partial charge is 0.491 e. The van der Waals surface area contributed by atoms with Crippen molar-refractivity contribution in [2.75, 3.05) is 11.9 Å². The molecule has 0 fully saturated rings. The van der Waals surface area contributed by atoms with E-state index >= 15 is 0 Å². The number of sulfonamides is 1. The summed E-state index contributed by atoms with van der Waals surface area (Å²) in [5, 5.41) is 9.76. The van der Waals surface area contributed by atoms with Crippen LogP contribution in [0.15, 0.2) is 28.6 Å². The third-order valence-corrected chi connectivity index (χ3v) is 5.59. The first kappa shape index (κ1) is 14.9. The Morgan fingerprint density at radius 1 is 1.36 bits per heavy atom. The van der Waals surface area contributed by atoms with Gasteiger partial charge in [-0.25, -0.2) is 8.42 Å². The van der Waals surface area contributed by atoms with E-state index in [0.717, 1.165) is 16.9 Å². The van der Waals surface area contributed by atoms with Gasteiger partial charge >= 0.3 is 0 Å². The molecule has 1 atom stereocenters. The van der Waals surface area contributed by atoms with Crippen molar-refractivity contribution < 1.29 is 17.9 Å². The number of para-hydroxylation sites is 1. The van der Waals surface area contributed by atoms with Gasteiger partial charge in [0.2, 0.25) is 15.4 Å². The highest BCUT2D eigenvalue weighted by atomic mass is 32.2. The van der Waals surface area contributed by atoms with Crippen LogP contribution in [0, 0.1) is 0 Å². The molecular formula is C12H12N4O4S2. The number of ether oxygens (including phenoxy) is 1. The minimum absolute atomic E-state index is 0.135. The lowest BCUT2D eigenvalue weighted by Gasteiger charge is -2.09. The molecule has 1 amide bonds. The zero-order valence-electron chi connectivity index (χ0n) is 11.4. The summed E-state index contributed by atoms with van der Waals surface area (Å²) >= 11 is 0.787. The van der Waals surface area contributed by atoms with Crippen molar-refractivity contribution >= 4 is 32.4 Å². The van der Waals surface area contributed by atoms with Gasteiger partial charge in [0.05, 0.1) is 6.04 Å². The molecule has 1 aromatic heterocycles. The molecule has 10 heteroatoms. The Morgan fingerprint density at radius 3 is 2.91 bits per heavy atom. The minimum atomic E-state index is -3.84. The van der Waals surface area contributed by atoms with E-state index in [0.29, 0.717) is 5.75 Å². The van der Waals surface area contributed by atoms with Crippen molar-refractivity contribution in [3.8, 4) is 5.75 Å². The minimum Gasteiger partial charge on any atom is -0.491 e. The number of aromatic nitrogens is 2. The maximum absolute atomic E-state index is 12.3. The molecule has 1 unspecified atom stereocenters. The number of hydrogen-bond acceptors (Lipinski definition) is 7. The second kappa shape index (κ2) is 5.63. The summed E-state index contributed by atoms with van der Waals surface area (Å²) in [5.74, 6) is 0.317. The predicted molar refractivity (Wildman–Crippen MR) is 79.2 cm³/mol. The van der Waals surface area contributed by atoms with Crippen LogP contribution in [0.3, 0.4) is 0 Å². The van der Waals surface area contributed by atoms with E-state index in [1.54, 1.807) is 12.1 Å². The van der Waals surface area contributed by atoms with Crippen LogP contribution in [-0.2, 0) is 14.8 Å². The van der Waals surface area contributed by atoms with E-state index in [4.69, 9.17) is 4.74 Å². The van der Waals surface area contributed by atoms with Gasteiger partial charge in [-0.15, -0.1) is 10.2 Å². The van der Waals surface area contributed by atoms with E-state index in [1.807, 2.05) is 12.1 Å². The molecule has 0 aliphatic carbocycles. The number of rotatable bonds is 4. The Balaban J connectivity index is 1.80. The molecule has 0 spiro atoms. The summed E-state index contributed by atoms with van der Waals surface area (Å²) in [6, 6.07) is 6.74. The Kier molecular flexibility index (Phi) is 3.81. The molecule has 116 valence electrons. The lowest BCUT2D eigenvalue weighted by Crippen LogP contribution is -2.29. The number of nitrogens with one attached hydrogen (secondary N) is 2. The molecule has 0 saturated carbocycles. The van der Waals surface area contributed by atoms with Crippen LogP contribution in [0.4, 0.5) is 5.13 Å². The normalized spacial score (nSPS) is 16.9. The molecule has 2 N–H and O–H groups in total. The second-order valence-electron chi connectivity index (χ2n) is 4.58. The molecule has 8 nitrogen and oxygen atoms in total. The highest BCUT2D eigenvalue weighted by molar-refractivity contribution is 7.91. The maximum atomic E-state index is 12.3. The Labute approximate surface area is 130 Å². The Bertz CT molecular complexity index is 818. The van der Waals surface area contributed by atoms with Crippen molar-refractivity contribution in [1.29, 1.82) is 0 Å². The van der Waals surface area contributed by atoms with Gasteiger partial charge in [0.15, 0.2) is 0 Å². The second-order valence-corrected chi connectivity index (χ2v) is 7.44. The molecule has 2 heterocycles. The van der Waals surface area contributed by atoms with Crippen LogP contribution in [0.2, 0.25) is 0 Å². The molecule has 2 aromatic rings. The van der Waals surface area contributed by atoms with Crippen molar-refractivity contribution in [3.63, 3.8) is 0 Å². The van der Waals surface area contributed by atoms with Gasteiger partial charge < -0.3 is 10.1 Å². The highest BCUT2D eigenvalue weighted by Gasteiger charge is 2.30. The Morgan fingerprint density at radius 2 is 2.14 bits per heavy atom. The van der Waals surface area contributed by atoms with Crippen molar-refractivity contribution in [2.24, 2.45) is 0 Å². The van der Waals surface area contributed by atoms with Gasteiger partial charge in [0.1, 0.15) is 12.4 Å². The number of amides is 1. The van der Waals surface area contributed by atoms with E-state index in [9.17, 15) is 13.2 Å². The molecular weight excluding hydrogens is 328 g/mol. The average molecular weight is 340 g/mol. The van der Waals surface area contributed by atoms with Gasteiger partial charge in [-0.1, -0.05) is 29.5 Å². The van der Waals surface area contributed by atoms with Gasteiger partial charge in [-0.05, 0) is 6.07 Å². The lowest BCUT2D eigenvalue weighted by molar-refractivity contribution is -0.114. The summed E-state index contributed by atoms with van der Waals surface area (Å²) in [6.07, 6.45) is 0. The van der Waals surface area contributed by atoms with E-state index in [1.165, 1.54) is 6.92 Å². The third-order valence-electron chi connectivity index (χ3n) is 2.92. The number of fused-ring (bicyclic) bond motifs is 1. The molecule has 0 radical (unpaired) electrons. The van der Waals surface area contributed by atoms with Crippen LogP contribution < -0.4 is 14.8 Å². The van der Waals surface area contributed by atoms with Crippen LogP contribution in [0.25, 0.3) is 0 Å². The molecule has 22 heavy (non-hydrogen) atoms. The summed E-state index contributed by atoms with van der Waals surface area (Å²) in [7, 11) is -3.84. The fourth-order valence-corrected chi connectivity index (χ4v) is 4.18. The van der Waals surface area contributed by atoms with Crippen LogP contribution in [-0.4, -0.2) is 31.1 Å². The third kappa shape index (κ3) is 2.93. The zero-order chi connectivity index (χ0) is 15.7. The van der Waals surface area contributed by atoms with Crippen molar-refractivity contribution in [3.05, 3.63) is 29.8 Å². The van der Waals surface area contributed by atoms with E-state index in [2.05, 4.69) is 20.2 Å². The summed E-state index contributed by atoms with van der Waals surface area (Å²) < 4.78 is 32.4. The van der Waals surface area contributed by atoms with Gasteiger partial charge in [0.25, 0.3) is 10.0 Å². The average Bonchev–Trinajstić information content (AvgIpc) is 3.06. The van der Waals surface area contributed by atoms with Gasteiger partial charge in [-0.3, -0.25) is 4.79 Å². The lowest BCUT2D eigenvalue weighted by atomic mass is 10.1. The Hall–Kier alpha value is -2.04. The number of carbonyl (C=O) groups is 1. The quantitative estimate of drug-likeness (QED) is 0.801. The van der Waals surface area contributed by atoms with Crippen LogP contribution in [0.5, 0.6) is 5.75 Å². The number of anilines is 1. The number of benzene rings is 1. The van der Waals surface area contributed by atoms with Crippen molar-refractivity contribution in [2.45, 2.75) is 17.3 Å². The fraction of sp³-hybridized carbons (Fsp3) is 0.250. The van der Waals surface area contributed by atoms with Crippen molar-refractivity contribution in [1.82, 2.24) is 14.9 Å². The number of hydrogen-bond donors (Lipinski definition) is 2. The van der Waals surface area contributed by atoms with Gasteiger partial charge in [-0.2, -0.15) is 4.72 Å². The molecule has 0 saturated heterocycles. The van der Waals surface area contributed by atoms with Gasteiger partial charge in [0, 0.05) is 12.5 Å². The van der Waals surface area contributed by atoms with Crippen LogP contribution in [0.1, 0.15) is 18.5 Å². The first-order valence-corrected chi connectivity index (χ1v) is 8.61. The monoisotopic (exact) mass is 340 g/mol. The smallest absolute Gasteiger partial charge is 0.270 e. The predicted octanol–water partition coefficient (Wildman–Crippen LogP) is 0.908. The van der Waals surface area contributed by atoms with E-state index < -0.39 is 16.1 Å². The summed E-state index contributed by atoms with van der Waals surface area (Å²) in [6.45, 7) is 1.52. The SMILES string of the molecule is CC(=O)Nc1nnc(S(=O)(=O)NC2COc3ccccc32)s1. The van der Waals surface area contributed by atoms with E-state index in [-0.39, 0.29) is 22.0 Å².